The van der Waals surface area contributed by atoms with E-state index in [0.29, 0.717) is 0 Å². The molecular formula is C5H3BrI-. The van der Waals surface area contributed by atoms with Crippen molar-refractivity contribution in [1.82, 2.24) is 0 Å². The summed E-state index contributed by atoms with van der Waals surface area (Å²) < 4.78 is 2.45. The molecule has 0 saturated carbocycles. The smallest absolute Gasteiger partial charge is 0.0809 e. The van der Waals surface area contributed by atoms with E-state index >= 15 is 0 Å². The van der Waals surface area contributed by atoms with Gasteiger partial charge >= 0.3 is 0 Å². The maximum Gasteiger partial charge on any atom is -0.0809 e. The van der Waals surface area contributed by atoms with Crippen molar-refractivity contribution in [2.24, 2.45) is 0 Å². The average Bonchev–Trinajstić information content (AvgIpc) is 1.87. The van der Waals surface area contributed by atoms with Crippen LogP contribution < -0.4 is 0 Å². The van der Waals surface area contributed by atoms with E-state index in [2.05, 4.69) is 50.7 Å². The molecule has 0 amide bonds. The summed E-state index contributed by atoms with van der Waals surface area (Å²) in [7, 11) is 0. The Bertz CT molecular complexity index is 140. The molecule has 0 aliphatic carbocycles. The maximum atomic E-state index is 3.33. The van der Waals surface area contributed by atoms with E-state index in [9.17, 15) is 0 Å². The second kappa shape index (κ2) is 2.22. The molecule has 0 saturated heterocycles. The summed E-state index contributed by atoms with van der Waals surface area (Å²) in [5.74, 6) is 0. The van der Waals surface area contributed by atoms with E-state index in [-0.39, 0.29) is 0 Å². The molecule has 0 aromatic heterocycles. The van der Waals surface area contributed by atoms with Crippen LogP contribution in [0.1, 0.15) is 0 Å². The molecule has 0 unspecified atom stereocenters. The fourth-order valence-corrected chi connectivity index (χ4v) is 1.71. The molecule has 1 aromatic rings. The first-order valence-electron chi connectivity index (χ1n) is 1.87. The number of hydrogen-bond donors (Lipinski definition) is 0. The molecule has 0 fully saturated rings. The van der Waals surface area contributed by atoms with Crippen molar-refractivity contribution in [2.75, 3.05) is 0 Å². The minimum absolute atomic E-state index is 1.16. The topological polar surface area (TPSA) is 0 Å². The zero-order chi connectivity index (χ0) is 5.28. The van der Waals surface area contributed by atoms with E-state index in [1.54, 1.807) is 0 Å². The van der Waals surface area contributed by atoms with Crippen molar-refractivity contribution in [3.63, 3.8) is 0 Å². The number of hydrogen-bond acceptors (Lipinski definition) is 0. The van der Waals surface area contributed by atoms with Gasteiger partial charge in [-0.05, 0) is 0 Å². The minimum Gasteiger partial charge on any atom is -0.187 e. The van der Waals surface area contributed by atoms with E-state index in [4.69, 9.17) is 0 Å². The van der Waals surface area contributed by atoms with Crippen LogP contribution in [0.25, 0.3) is 0 Å². The highest BCUT2D eigenvalue weighted by Gasteiger charge is 1.74. The molecular weight excluding hydrogens is 267 g/mol. The van der Waals surface area contributed by atoms with Gasteiger partial charge in [0.1, 0.15) is 0 Å². The molecule has 0 heterocycles. The van der Waals surface area contributed by atoms with Crippen LogP contribution in [0.2, 0.25) is 0 Å². The van der Waals surface area contributed by atoms with Gasteiger partial charge in [0.15, 0.2) is 0 Å². The molecule has 0 aliphatic rings. The zero-order valence-electron chi connectivity index (χ0n) is 3.49. The first kappa shape index (κ1) is 5.69. The van der Waals surface area contributed by atoms with Gasteiger partial charge < -0.3 is 0 Å². The highest BCUT2D eigenvalue weighted by atomic mass is 127. The first-order chi connectivity index (χ1) is 3.29. The van der Waals surface area contributed by atoms with Gasteiger partial charge in [-0.3, -0.25) is 0 Å². The first-order valence-corrected chi connectivity index (χ1v) is 3.74. The molecule has 0 aliphatic heterocycles. The Labute approximate surface area is 64.6 Å². The summed E-state index contributed by atoms with van der Waals surface area (Å²) in [6.45, 7) is 0. The summed E-state index contributed by atoms with van der Waals surface area (Å²) in [5, 5.41) is 0. The predicted molar refractivity (Wildman–Crippen MR) is 42.5 cm³/mol. The molecule has 0 radical (unpaired) electrons. The summed E-state index contributed by atoms with van der Waals surface area (Å²) >= 11 is 5.60. The minimum atomic E-state index is 1.16. The fraction of sp³-hybridized carbons (Fsp3) is 0. The molecule has 0 atom stereocenters. The summed E-state index contributed by atoms with van der Waals surface area (Å²) in [6, 6.07) is 6.16. The Morgan fingerprint density at radius 3 is 2.57 bits per heavy atom. The van der Waals surface area contributed by atoms with Crippen molar-refractivity contribution in [3.8, 4) is 0 Å². The van der Waals surface area contributed by atoms with Gasteiger partial charge in [0.05, 0.1) is 0 Å². The molecule has 7 heavy (non-hydrogen) atoms. The van der Waals surface area contributed by atoms with Crippen LogP contribution in [0.5, 0.6) is 0 Å². The van der Waals surface area contributed by atoms with Crippen LogP contribution in [0.15, 0.2) is 22.7 Å². The normalized spacial score (nSPS) is 9.43. The summed E-state index contributed by atoms with van der Waals surface area (Å²) in [6.07, 6.45) is 0. The summed E-state index contributed by atoms with van der Waals surface area (Å²) in [4.78, 5) is 0. The molecule has 1 rings (SSSR count). The highest BCUT2D eigenvalue weighted by Crippen LogP contribution is 2.14. The van der Waals surface area contributed by atoms with Crippen molar-refractivity contribution in [1.29, 1.82) is 0 Å². The van der Waals surface area contributed by atoms with Crippen LogP contribution in [0, 0.1) is 3.57 Å². The maximum absolute atomic E-state index is 3.33. The fourth-order valence-electron chi connectivity index (χ4n) is 0.387. The van der Waals surface area contributed by atoms with Gasteiger partial charge in [0.2, 0.25) is 0 Å². The van der Waals surface area contributed by atoms with Crippen LogP contribution >= 0.6 is 38.5 Å². The second-order valence-electron chi connectivity index (χ2n) is 1.25. The van der Waals surface area contributed by atoms with Gasteiger partial charge in [-0.1, -0.05) is 15.9 Å². The second-order valence-corrected chi connectivity index (χ2v) is 3.41. The zero-order valence-corrected chi connectivity index (χ0v) is 7.23. The van der Waals surface area contributed by atoms with Crippen molar-refractivity contribution < 1.29 is 0 Å². The van der Waals surface area contributed by atoms with E-state index in [1.165, 1.54) is 3.57 Å². The molecule has 0 N–H and O–H groups in total. The lowest BCUT2D eigenvalue weighted by molar-refractivity contribution is 1.85. The van der Waals surface area contributed by atoms with Crippen LogP contribution in [-0.2, 0) is 0 Å². The molecule has 0 nitrogen and oxygen atoms in total. The number of rotatable bonds is 0. The van der Waals surface area contributed by atoms with E-state index < -0.39 is 0 Å². The SMILES string of the molecule is Brc1cc(I)c[cH-]1. The van der Waals surface area contributed by atoms with Gasteiger partial charge in [-0.2, -0.15) is 18.2 Å². The van der Waals surface area contributed by atoms with Crippen molar-refractivity contribution >= 4 is 38.5 Å². The Kier molecular flexibility index (Phi) is 1.80. The Balaban J connectivity index is 3.04. The molecule has 0 spiro atoms. The lowest BCUT2D eigenvalue weighted by Gasteiger charge is -1.81. The Hall–Kier alpha value is 0.560. The molecule has 0 bridgehead atoms. The molecule has 1 aromatic carbocycles. The Morgan fingerprint density at radius 2 is 2.43 bits per heavy atom. The van der Waals surface area contributed by atoms with Gasteiger partial charge in [0, 0.05) is 0 Å². The van der Waals surface area contributed by atoms with Gasteiger partial charge in [-0.15, -0.1) is 30.6 Å². The largest absolute Gasteiger partial charge is 0.187 e. The molecule has 2 heteroatoms. The van der Waals surface area contributed by atoms with Gasteiger partial charge in [-0.25, -0.2) is 0 Å². The standard InChI is InChI=1S/C5H3BrI/c6-4-1-2-5(7)3-4/h1-3H/q-1. The van der Waals surface area contributed by atoms with E-state index in [0.717, 1.165) is 4.47 Å². The third-order valence-corrected chi connectivity index (χ3v) is 1.84. The van der Waals surface area contributed by atoms with Crippen LogP contribution in [-0.4, -0.2) is 0 Å². The molecule has 38 valence electrons. The lowest BCUT2D eigenvalue weighted by atomic mass is 10.7. The predicted octanol–water partition coefficient (Wildman–Crippen LogP) is 2.77. The summed E-state index contributed by atoms with van der Waals surface area (Å²) in [5.41, 5.74) is 0. The quantitative estimate of drug-likeness (QED) is 0.502. The number of halogens is 2. The van der Waals surface area contributed by atoms with Crippen molar-refractivity contribution in [2.45, 2.75) is 0 Å². The van der Waals surface area contributed by atoms with Crippen molar-refractivity contribution in [3.05, 3.63) is 26.2 Å². The average molecular weight is 270 g/mol. The third kappa shape index (κ3) is 1.49. The third-order valence-electron chi connectivity index (χ3n) is 0.678. The lowest BCUT2D eigenvalue weighted by Crippen LogP contribution is -1.46. The monoisotopic (exact) mass is 269 g/mol. The van der Waals surface area contributed by atoms with Gasteiger partial charge in [0.25, 0.3) is 0 Å². The highest BCUT2D eigenvalue weighted by molar-refractivity contribution is 14.1. The van der Waals surface area contributed by atoms with Crippen LogP contribution in [0.4, 0.5) is 0 Å². The van der Waals surface area contributed by atoms with E-state index in [1.807, 2.05) is 6.07 Å². The van der Waals surface area contributed by atoms with Crippen LogP contribution in [0.3, 0.4) is 0 Å². The Morgan fingerprint density at radius 1 is 1.71 bits per heavy atom.